The zero-order valence-corrected chi connectivity index (χ0v) is 18.8. The highest BCUT2D eigenvalue weighted by Gasteiger charge is 2.37. The van der Waals surface area contributed by atoms with Crippen molar-refractivity contribution in [1.82, 2.24) is 0 Å². The molecule has 33 heavy (non-hydrogen) atoms. The summed E-state index contributed by atoms with van der Waals surface area (Å²) in [7, 11) is 3.31. The molecule has 0 spiro atoms. The van der Waals surface area contributed by atoms with Crippen molar-refractivity contribution >= 4 is 0 Å². The monoisotopic (exact) mass is 439 g/mol. The summed E-state index contributed by atoms with van der Waals surface area (Å²) in [5, 5.41) is 9.54. The highest BCUT2D eigenvalue weighted by atomic mass is 16.5. The van der Waals surface area contributed by atoms with E-state index < -0.39 is 5.60 Å². The molecule has 1 N–H and O–H groups in total. The Hall–Kier alpha value is -3.60. The minimum atomic E-state index is -0.880. The minimum Gasteiger partial charge on any atom is -0.497 e. The van der Waals surface area contributed by atoms with Crippen LogP contribution in [0.15, 0.2) is 97.1 Å². The summed E-state index contributed by atoms with van der Waals surface area (Å²) >= 11 is 0. The molecule has 4 rings (SSSR count). The van der Waals surface area contributed by atoms with E-state index in [2.05, 4.69) is 18.2 Å². The van der Waals surface area contributed by atoms with Gasteiger partial charge in [0.25, 0.3) is 0 Å². The lowest BCUT2D eigenvalue weighted by molar-refractivity contribution is 0.000136. The van der Waals surface area contributed by atoms with Crippen LogP contribution < -0.4 is 9.47 Å². The van der Waals surface area contributed by atoms with Crippen molar-refractivity contribution in [1.29, 1.82) is 0 Å². The molecule has 0 aliphatic heterocycles. The summed E-state index contributed by atoms with van der Waals surface area (Å²) in [6.07, 6.45) is 0. The summed E-state index contributed by atoms with van der Waals surface area (Å²) in [6, 6.07) is 34.8. The maximum atomic E-state index is 9.54. The van der Waals surface area contributed by atoms with Gasteiger partial charge in [-0.1, -0.05) is 60.7 Å². The lowest BCUT2D eigenvalue weighted by atomic mass is 9.80. The van der Waals surface area contributed by atoms with E-state index in [-0.39, 0.29) is 6.61 Å². The molecule has 0 bridgehead atoms. The van der Waals surface area contributed by atoms with Crippen LogP contribution in [0.4, 0.5) is 0 Å². The van der Waals surface area contributed by atoms with Crippen molar-refractivity contribution in [3.8, 4) is 11.5 Å². The summed E-state index contributed by atoms with van der Waals surface area (Å²) < 4.78 is 17.6. The van der Waals surface area contributed by atoms with Crippen LogP contribution in [0.3, 0.4) is 0 Å². The molecule has 0 saturated carbocycles. The second-order valence-electron chi connectivity index (χ2n) is 7.70. The van der Waals surface area contributed by atoms with E-state index in [0.717, 1.165) is 39.3 Å². The van der Waals surface area contributed by atoms with E-state index in [0.29, 0.717) is 6.61 Å². The molecule has 4 heteroatoms. The molecule has 4 nitrogen and oxygen atoms in total. The third-order valence-electron chi connectivity index (χ3n) is 5.72. The molecule has 0 aliphatic rings. The van der Waals surface area contributed by atoms with Gasteiger partial charge in [0.1, 0.15) is 17.1 Å². The Morgan fingerprint density at radius 3 is 1.73 bits per heavy atom. The van der Waals surface area contributed by atoms with Gasteiger partial charge in [0.15, 0.2) is 0 Å². The fourth-order valence-electron chi connectivity index (χ4n) is 4.02. The summed E-state index contributed by atoms with van der Waals surface area (Å²) in [4.78, 5) is 0. The molecular formula is C29H27O4. The van der Waals surface area contributed by atoms with Crippen LogP contribution in [0.2, 0.25) is 0 Å². The molecule has 4 aromatic rings. The van der Waals surface area contributed by atoms with Crippen molar-refractivity contribution in [2.45, 2.75) is 18.8 Å². The molecule has 0 unspecified atom stereocenters. The zero-order chi connectivity index (χ0) is 23.1. The van der Waals surface area contributed by atoms with E-state index in [4.69, 9.17) is 14.2 Å². The maximum Gasteiger partial charge on any atom is 0.144 e. The lowest BCUT2D eigenvalue weighted by Gasteiger charge is -2.36. The van der Waals surface area contributed by atoms with Gasteiger partial charge in [0.2, 0.25) is 0 Å². The lowest BCUT2D eigenvalue weighted by Crippen LogP contribution is -2.32. The van der Waals surface area contributed by atoms with Gasteiger partial charge in [-0.15, -0.1) is 0 Å². The average molecular weight is 440 g/mol. The van der Waals surface area contributed by atoms with Crippen molar-refractivity contribution in [3.05, 3.63) is 131 Å². The predicted octanol–water partition coefficient (Wildman–Crippen LogP) is 5.50. The van der Waals surface area contributed by atoms with Crippen LogP contribution in [-0.4, -0.2) is 19.3 Å². The molecule has 167 valence electrons. The van der Waals surface area contributed by atoms with Crippen molar-refractivity contribution in [3.63, 3.8) is 0 Å². The SMILES string of the molecule is COc1ccc(C(OCc2c[c]cc(CO)c2)(c2ccccc2)c2ccc(OC)cc2)cc1. The van der Waals surface area contributed by atoms with Gasteiger partial charge in [-0.3, -0.25) is 0 Å². The number of rotatable bonds is 9. The van der Waals surface area contributed by atoms with Gasteiger partial charge in [-0.2, -0.15) is 0 Å². The summed E-state index contributed by atoms with van der Waals surface area (Å²) in [5.74, 6) is 1.56. The van der Waals surface area contributed by atoms with Crippen LogP contribution in [0, 0.1) is 6.07 Å². The van der Waals surface area contributed by atoms with Crippen LogP contribution >= 0.6 is 0 Å². The van der Waals surface area contributed by atoms with E-state index in [9.17, 15) is 5.11 Å². The third kappa shape index (κ3) is 4.77. The maximum absolute atomic E-state index is 9.54. The fourth-order valence-corrected chi connectivity index (χ4v) is 4.02. The van der Waals surface area contributed by atoms with Crippen LogP contribution in [0.5, 0.6) is 11.5 Å². The van der Waals surface area contributed by atoms with Gasteiger partial charge in [-0.25, -0.2) is 0 Å². The average Bonchev–Trinajstić information content (AvgIpc) is 2.90. The Bertz CT molecular complexity index is 1100. The third-order valence-corrected chi connectivity index (χ3v) is 5.72. The van der Waals surface area contributed by atoms with Crippen molar-refractivity contribution in [2.75, 3.05) is 14.2 Å². The van der Waals surface area contributed by atoms with Crippen LogP contribution in [0.25, 0.3) is 0 Å². The smallest absolute Gasteiger partial charge is 0.144 e. The molecule has 0 saturated heterocycles. The van der Waals surface area contributed by atoms with E-state index >= 15 is 0 Å². The first-order valence-corrected chi connectivity index (χ1v) is 10.8. The molecule has 0 fully saturated rings. The molecule has 0 aliphatic carbocycles. The zero-order valence-electron chi connectivity index (χ0n) is 18.8. The number of hydrogen-bond donors (Lipinski definition) is 1. The second-order valence-corrected chi connectivity index (χ2v) is 7.70. The first kappa shape index (κ1) is 22.6. The Morgan fingerprint density at radius 1 is 0.697 bits per heavy atom. The van der Waals surface area contributed by atoms with Crippen LogP contribution in [0.1, 0.15) is 27.8 Å². The standard InChI is InChI=1S/C29H27O4/c1-31-27-15-11-25(12-16-27)29(24-9-4-3-5-10-24,26-13-17-28(32-2)18-14-26)33-21-23-8-6-7-22(19-23)20-30/h3-5,7-19,30H,20-21H2,1-2H3. The number of ether oxygens (including phenoxy) is 3. The number of aliphatic hydroxyl groups is 1. The molecule has 0 heterocycles. The van der Waals surface area contributed by atoms with Gasteiger partial charge in [0.05, 0.1) is 27.4 Å². The largest absolute Gasteiger partial charge is 0.497 e. The fraction of sp³-hybridized carbons (Fsp3) is 0.172. The summed E-state index contributed by atoms with van der Waals surface area (Å²) in [5.41, 5.74) is 3.81. The number of aliphatic hydroxyl groups excluding tert-OH is 1. The molecular weight excluding hydrogens is 412 g/mol. The molecule has 4 aromatic carbocycles. The molecule has 0 aromatic heterocycles. The molecule has 0 amide bonds. The van der Waals surface area contributed by atoms with Crippen molar-refractivity contribution < 1.29 is 19.3 Å². The quantitative estimate of drug-likeness (QED) is 0.350. The van der Waals surface area contributed by atoms with Crippen LogP contribution in [-0.2, 0) is 23.6 Å². The van der Waals surface area contributed by atoms with E-state index in [1.54, 1.807) is 20.3 Å². The summed E-state index contributed by atoms with van der Waals surface area (Å²) in [6.45, 7) is 0.294. The number of benzene rings is 4. The normalized spacial score (nSPS) is 11.2. The van der Waals surface area contributed by atoms with Gasteiger partial charge in [-0.05, 0) is 70.3 Å². The van der Waals surface area contributed by atoms with Crippen molar-refractivity contribution in [2.24, 2.45) is 0 Å². The Balaban J connectivity index is 1.87. The topological polar surface area (TPSA) is 47.9 Å². The van der Waals surface area contributed by atoms with Gasteiger partial charge < -0.3 is 19.3 Å². The highest BCUT2D eigenvalue weighted by Crippen LogP contribution is 2.42. The van der Waals surface area contributed by atoms with Gasteiger partial charge >= 0.3 is 0 Å². The molecule has 1 radical (unpaired) electrons. The van der Waals surface area contributed by atoms with Gasteiger partial charge in [0, 0.05) is 0 Å². The highest BCUT2D eigenvalue weighted by molar-refractivity contribution is 5.49. The number of methoxy groups -OCH3 is 2. The number of hydrogen-bond acceptors (Lipinski definition) is 4. The first-order chi connectivity index (χ1) is 16.2. The Morgan fingerprint density at radius 2 is 1.21 bits per heavy atom. The predicted molar refractivity (Wildman–Crippen MR) is 128 cm³/mol. The second kappa shape index (κ2) is 10.3. The first-order valence-electron chi connectivity index (χ1n) is 10.8. The van der Waals surface area contributed by atoms with E-state index in [1.807, 2.05) is 78.9 Å². The minimum absolute atomic E-state index is 0.0366. The molecule has 0 atom stereocenters. The Labute approximate surface area is 195 Å². The Kier molecular flexibility index (Phi) is 7.08. The van der Waals surface area contributed by atoms with E-state index in [1.165, 1.54) is 0 Å².